The largest absolute Gasteiger partial charge is 0.494 e. The second-order valence-electron chi connectivity index (χ2n) is 7.11. The van der Waals surface area contributed by atoms with Crippen molar-refractivity contribution in [3.63, 3.8) is 0 Å². The predicted octanol–water partition coefficient (Wildman–Crippen LogP) is 5.09. The summed E-state index contributed by atoms with van der Waals surface area (Å²) in [5.41, 5.74) is 3.82. The van der Waals surface area contributed by atoms with Crippen molar-refractivity contribution in [2.24, 2.45) is 4.99 Å². The van der Waals surface area contributed by atoms with Crippen LogP contribution < -0.4 is 4.31 Å². The molecular formula is C23H20ClN3O3S. The first-order valence-electron chi connectivity index (χ1n) is 9.42. The van der Waals surface area contributed by atoms with Crippen molar-refractivity contribution in [3.05, 3.63) is 88.9 Å². The van der Waals surface area contributed by atoms with Crippen molar-refractivity contribution in [2.75, 3.05) is 17.6 Å². The molecular weight excluding hydrogens is 434 g/mol. The van der Waals surface area contributed by atoms with Gasteiger partial charge in [-0.2, -0.15) is 0 Å². The van der Waals surface area contributed by atoms with Crippen molar-refractivity contribution < 1.29 is 13.5 Å². The lowest BCUT2D eigenvalue weighted by atomic mass is 10.0. The molecule has 0 radical (unpaired) electrons. The average molecular weight is 454 g/mol. The fourth-order valence-corrected chi connectivity index (χ4v) is 3.99. The van der Waals surface area contributed by atoms with E-state index >= 15 is 0 Å². The molecule has 8 heteroatoms. The van der Waals surface area contributed by atoms with Crippen LogP contribution in [0, 0.1) is 0 Å². The van der Waals surface area contributed by atoms with Crippen LogP contribution in [-0.2, 0) is 10.0 Å². The summed E-state index contributed by atoms with van der Waals surface area (Å²) >= 11 is 6.10. The molecule has 0 atom stereocenters. The average Bonchev–Trinajstić information content (AvgIpc) is 3.06. The Hall–Kier alpha value is -3.29. The first kappa shape index (κ1) is 21.0. The van der Waals surface area contributed by atoms with Gasteiger partial charge in [0.15, 0.2) is 5.88 Å². The molecule has 4 rings (SSSR count). The summed E-state index contributed by atoms with van der Waals surface area (Å²) in [6.45, 7) is 0. The van der Waals surface area contributed by atoms with E-state index in [1.54, 1.807) is 36.4 Å². The third-order valence-electron chi connectivity index (χ3n) is 4.98. The van der Waals surface area contributed by atoms with Gasteiger partial charge in [-0.05, 0) is 36.4 Å². The lowest BCUT2D eigenvalue weighted by molar-refractivity contribution is 0.457. The molecule has 1 aromatic heterocycles. The highest BCUT2D eigenvalue weighted by molar-refractivity contribution is 7.92. The lowest BCUT2D eigenvalue weighted by Crippen LogP contribution is -2.24. The third kappa shape index (κ3) is 4.28. The Kier molecular flexibility index (Phi) is 5.47. The maximum absolute atomic E-state index is 11.8. The molecule has 31 heavy (non-hydrogen) atoms. The molecule has 6 nitrogen and oxygen atoms in total. The van der Waals surface area contributed by atoms with Crippen LogP contribution in [0.1, 0.15) is 11.1 Å². The maximum Gasteiger partial charge on any atom is 0.231 e. The first-order valence-corrected chi connectivity index (χ1v) is 11.7. The van der Waals surface area contributed by atoms with E-state index in [1.807, 2.05) is 36.4 Å². The molecule has 1 heterocycles. The van der Waals surface area contributed by atoms with Crippen molar-refractivity contribution in [2.45, 2.75) is 0 Å². The molecule has 0 aliphatic rings. The molecule has 3 aromatic carbocycles. The highest BCUT2D eigenvalue weighted by atomic mass is 35.5. The molecule has 0 amide bonds. The van der Waals surface area contributed by atoms with Gasteiger partial charge in [0, 0.05) is 23.0 Å². The van der Waals surface area contributed by atoms with Gasteiger partial charge < -0.3 is 10.1 Å². The van der Waals surface area contributed by atoms with Crippen LogP contribution in [0.2, 0.25) is 5.02 Å². The Labute approximate surface area is 185 Å². The minimum atomic E-state index is -3.35. The standard InChI is InChI=1S/C23H20ClN3O3S/c1-27(31(2,29)30)18-11-9-17(10-12-18)25-22(15-6-4-3-5-7-15)21-19-13-8-16(24)14-20(19)26-23(21)28/h3-14,26,28H,1-2H3. The van der Waals surface area contributed by atoms with Crippen LogP contribution in [-0.4, -0.2) is 37.5 Å². The Morgan fingerprint density at radius 1 is 1.03 bits per heavy atom. The molecule has 0 fully saturated rings. The number of aromatic nitrogens is 1. The summed E-state index contributed by atoms with van der Waals surface area (Å²) in [6.07, 6.45) is 1.15. The van der Waals surface area contributed by atoms with E-state index < -0.39 is 10.0 Å². The first-order chi connectivity index (χ1) is 14.7. The lowest BCUT2D eigenvalue weighted by Gasteiger charge is -2.16. The van der Waals surface area contributed by atoms with E-state index in [4.69, 9.17) is 16.6 Å². The van der Waals surface area contributed by atoms with Crippen LogP contribution in [0.25, 0.3) is 10.9 Å². The maximum atomic E-state index is 11.8. The van der Waals surface area contributed by atoms with Crippen molar-refractivity contribution >= 4 is 49.6 Å². The number of anilines is 1. The topological polar surface area (TPSA) is 85.8 Å². The number of aromatic amines is 1. The van der Waals surface area contributed by atoms with Crippen molar-refractivity contribution in [1.29, 1.82) is 0 Å². The Balaban J connectivity index is 1.86. The minimum Gasteiger partial charge on any atom is -0.494 e. The number of hydrogen-bond acceptors (Lipinski definition) is 4. The van der Waals surface area contributed by atoms with Gasteiger partial charge >= 0.3 is 0 Å². The van der Waals surface area contributed by atoms with E-state index in [-0.39, 0.29) is 5.88 Å². The van der Waals surface area contributed by atoms with Crippen LogP contribution in [0.5, 0.6) is 5.88 Å². The summed E-state index contributed by atoms with van der Waals surface area (Å²) in [5, 5.41) is 12.0. The van der Waals surface area contributed by atoms with Gasteiger partial charge in [0.05, 0.1) is 34.4 Å². The van der Waals surface area contributed by atoms with Gasteiger partial charge in [0.1, 0.15) is 0 Å². The summed E-state index contributed by atoms with van der Waals surface area (Å²) in [4.78, 5) is 7.76. The zero-order valence-corrected chi connectivity index (χ0v) is 18.4. The van der Waals surface area contributed by atoms with E-state index in [2.05, 4.69) is 4.98 Å². The molecule has 0 bridgehead atoms. The van der Waals surface area contributed by atoms with Crippen LogP contribution in [0.4, 0.5) is 11.4 Å². The number of fused-ring (bicyclic) bond motifs is 1. The highest BCUT2D eigenvalue weighted by Crippen LogP contribution is 2.33. The predicted molar refractivity (Wildman–Crippen MR) is 126 cm³/mol. The number of H-pyrrole nitrogens is 1. The quantitative estimate of drug-likeness (QED) is 0.412. The van der Waals surface area contributed by atoms with Crippen molar-refractivity contribution in [3.8, 4) is 5.88 Å². The van der Waals surface area contributed by atoms with Gasteiger partial charge in [-0.3, -0.25) is 4.31 Å². The highest BCUT2D eigenvalue weighted by Gasteiger charge is 2.19. The number of rotatable bonds is 5. The summed E-state index contributed by atoms with van der Waals surface area (Å²) in [7, 11) is -1.86. The third-order valence-corrected chi connectivity index (χ3v) is 6.42. The molecule has 0 saturated carbocycles. The molecule has 0 unspecified atom stereocenters. The van der Waals surface area contributed by atoms with Crippen LogP contribution in [0.15, 0.2) is 77.8 Å². The Morgan fingerprint density at radius 2 is 1.71 bits per heavy atom. The van der Waals surface area contributed by atoms with Crippen LogP contribution >= 0.6 is 11.6 Å². The minimum absolute atomic E-state index is 0.00620. The van der Waals surface area contributed by atoms with Crippen LogP contribution in [0.3, 0.4) is 0 Å². The molecule has 0 spiro atoms. The zero-order valence-electron chi connectivity index (χ0n) is 16.9. The zero-order chi connectivity index (χ0) is 22.2. The van der Waals surface area contributed by atoms with Gasteiger partial charge in [-0.1, -0.05) is 48.0 Å². The van der Waals surface area contributed by atoms with E-state index in [0.717, 1.165) is 17.2 Å². The second-order valence-corrected chi connectivity index (χ2v) is 9.56. The number of aliphatic imine (C=N–C) groups is 1. The second kappa shape index (κ2) is 8.09. The Morgan fingerprint density at radius 3 is 2.35 bits per heavy atom. The molecule has 4 aromatic rings. The molecule has 0 saturated heterocycles. The number of aromatic hydroxyl groups is 1. The fraction of sp³-hybridized carbons (Fsp3) is 0.0870. The number of nitrogens with one attached hydrogen (secondary N) is 1. The molecule has 0 aliphatic carbocycles. The van der Waals surface area contributed by atoms with Gasteiger partial charge in [0.25, 0.3) is 0 Å². The number of hydrogen-bond donors (Lipinski definition) is 2. The van der Waals surface area contributed by atoms with E-state index in [1.165, 1.54) is 11.4 Å². The molecule has 0 aliphatic heterocycles. The van der Waals surface area contributed by atoms with Crippen molar-refractivity contribution in [1.82, 2.24) is 4.98 Å². The monoisotopic (exact) mass is 453 g/mol. The summed E-state index contributed by atoms with van der Waals surface area (Å²) < 4.78 is 24.8. The smallest absolute Gasteiger partial charge is 0.231 e. The fourth-order valence-electron chi connectivity index (χ4n) is 3.31. The van der Waals surface area contributed by atoms with E-state index in [0.29, 0.717) is 33.2 Å². The number of nitrogens with zero attached hydrogens (tertiary/aromatic N) is 2. The molecule has 2 N–H and O–H groups in total. The number of sulfonamides is 1. The Bertz CT molecular complexity index is 1380. The van der Waals surface area contributed by atoms with Gasteiger partial charge in [-0.15, -0.1) is 0 Å². The van der Waals surface area contributed by atoms with Gasteiger partial charge in [-0.25, -0.2) is 13.4 Å². The van der Waals surface area contributed by atoms with E-state index in [9.17, 15) is 13.5 Å². The number of benzene rings is 3. The number of halogens is 1. The summed E-state index contributed by atoms with van der Waals surface area (Å²) in [5.74, 6) is -0.00620. The molecule has 158 valence electrons. The normalized spacial score (nSPS) is 12.3. The van der Waals surface area contributed by atoms with Gasteiger partial charge in [0.2, 0.25) is 10.0 Å². The SMILES string of the molecule is CN(c1ccc(N=C(c2ccccc2)c2c(O)[nH]c3cc(Cl)ccc23)cc1)S(C)(=O)=O. The summed E-state index contributed by atoms with van der Waals surface area (Å²) in [6, 6.07) is 21.8.